The minimum absolute atomic E-state index is 0.0969. The molecule has 6 N–H and O–H groups in total. The van der Waals surface area contributed by atoms with Gasteiger partial charge in [0.2, 0.25) is 17.8 Å². The Labute approximate surface area is 322 Å². The highest BCUT2D eigenvalue weighted by Crippen LogP contribution is 2.46. The predicted octanol–water partition coefficient (Wildman–Crippen LogP) is 2.49. The Balaban J connectivity index is 0.764. The van der Waals surface area contributed by atoms with Crippen LogP contribution in [-0.4, -0.2) is 124 Å². The van der Waals surface area contributed by atoms with Crippen LogP contribution < -0.4 is 20.7 Å². The number of aliphatic hydroxyl groups is 2. The van der Waals surface area contributed by atoms with Crippen LogP contribution in [0.3, 0.4) is 0 Å². The molecule has 0 bridgehead atoms. The number of hydrogen-bond acceptors (Lipinski definition) is 13. The molecule has 3 amide bonds. The van der Waals surface area contributed by atoms with E-state index < -0.39 is 30.3 Å². The molecule has 2 fully saturated rings. The fourth-order valence-electron chi connectivity index (χ4n) is 7.36. The minimum atomic E-state index is -1.36. The van der Waals surface area contributed by atoms with Crippen LogP contribution >= 0.6 is 11.6 Å². The van der Waals surface area contributed by atoms with Crippen molar-refractivity contribution in [2.75, 3.05) is 64.5 Å². The molecule has 3 aliphatic rings. The zero-order valence-corrected chi connectivity index (χ0v) is 31.0. The van der Waals surface area contributed by atoms with E-state index in [1.807, 2.05) is 30.5 Å². The number of piperidine rings is 2. The molecule has 0 radical (unpaired) electrons. The number of carbonyl (C=O) groups is 3. The maximum absolute atomic E-state index is 12.5. The van der Waals surface area contributed by atoms with Crippen molar-refractivity contribution in [3.8, 4) is 17.0 Å². The number of nitrogens with one attached hydrogen (secondary N) is 4. The van der Waals surface area contributed by atoms with E-state index in [0.717, 1.165) is 48.9 Å². The number of benzene rings is 2. The van der Waals surface area contributed by atoms with E-state index in [1.54, 1.807) is 24.4 Å². The molecule has 5 heterocycles. The van der Waals surface area contributed by atoms with Crippen LogP contribution in [0.2, 0.25) is 5.02 Å². The van der Waals surface area contributed by atoms with E-state index in [4.69, 9.17) is 30.8 Å². The van der Waals surface area contributed by atoms with Gasteiger partial charge < -0.3 is 40.0 Å². The highest BCUT2D eigenvalue weighted by Gasteiger charge is 2.46. The summed E-state index contributed by atoms with van der Waals surface area (Å²) < 4.78 is 17.1. The molecule has 16 nitrogen and oxygen atoms in total. The summed E-state index contributed by atoms with van der Waals surface area (Å²) >= 11 is 6.52. The van der Waals surface area contributed by atoms with Gasteiger partial charge in [0.15, 0.2) is 6.61 Å². The molecule has 3 unspecified atom stereocenters. The van der Waals surface area contributed by atoms with Gasteiger partial charge in [-0.1, -0.05) is 41.9 Å². The molecule has 2 aromatic carbocycles. The summed E-state index contributed by atoms with van der Waals surface area (Å²) in [6.45, 7) is 4.20. The molecule has 4 atom stereocenters. The van der Waals surface area contributed by atoms with Gasteiger partial charge in [-0.25, -0.2) is 14.9 Å². The summed E-state index contributed by atoms with van der Waals surface area (Å²) in [6.07, 6.45) is 3.24. The monoisotopic (exact) mass is 776 g/mol. The lowest BCUT2D eigenvalue weighted by atomic mass is 10.0. The van der Waals surface area contributed by atoms with E-state index in [2.05, 4.69) is 30.8 Å². The number of nitrogens with zero attached hydrogens (tertiary/aromatic N) is 4. The van der Waals surface area contributed by atoms with Gasteiger partial charge >= 0.3 is 0 Å². The first kappa shape index (κ1) is 38.6. The van der Waals surface area contributed by atoms with Crippen molar-refractivity contribution in [3.63, 3.8) is 0 Å². The number of aromatic nitrogens is 3. The number of aliphatic hydroxyl groups excluding tert-OH is 2. The summed E-state index contributed by atoms with van der Waals surface area (Å²) in [6, 6.07) is 12.2. The first-order valence-electron chi connectivity index (χ1n) is 18.5. The first-order chi connectivity index (χ1) is 26.8. The van der Waals surface area contributed by atoms with Gasteiger partial charge in [0, 0.05) is 65.9 Å². The number of H-pyrrole nitrogens is 1. The van der Waals surface area contributed by atoms with Crippen LogP contribution in [0.5, 0.6) is 5.75 Å². The number of hydrogen-bond donors (Lipinski definition) is 6. The molecule has 0 aliphatic carbocycles. The van der Waals surface area contributed by atoms with Gasteiger partial charge in [-0.3, -0.25) is 24.6 Å². The Hall–Kier alpha value is -4.68. The van der Waals surface area contributed by atoms with Gasteiger partial charge in [0.05, 0.1) is 49.4 Å². The Bertz CT molecular complexity index is 2000. The highest BCUT2D eigenvalue weighted by molar-refractivity contribution is 6.33. The minimum Gasteiger partial charge on any atom is -0.483 e. The van der Waals surface area contributed by atoms with Crippen LogP contribution in [0.25, 0.3) is 22.2 Å². The van der Waals surface area contributed by atoms with Crippen LogP contribution in [0.1, 0.15) is 49.3 Å². The molecule has 3 aliphatic heterocycles. The Morgan fingerprint density at radius 2 is 1.85 bits per heavy atom. The number of amides is 3. The molecule has 2 saturated heterocycles. The zero-order valence-electron chi connectivity index (χ0n) is 30.2. The van der Waals surface area contributed by atoms with Crippen molar-refractivity contribution < 1.29 is 38.8 Å². The average molecular weight is 777 g/mol. The molecule has 0 spiro atoms. The number of anilines is 1. The van der Waals surface area contributed by atoms with Crippen molar-refractivity contribution >= 4 is 46.2 Å². The van der Waals surface area contributed by atoms with Gasteiger partial charge in [-0.05, 0) is 37.9 Å². The summed E-state index contributed by atoms with van der Waals surface area (Å²) in [4.78, 5) is 52.6. The van der Waals surface area contributed by atoms with Crippen LogP contribution in [0.4, 0.5) is 5.95 Å². The summed E-state index contributed by atoms with van der Waals surface area (Å²) in [5, 5.41) is 32.0. The maximum atomic E-state index is 12.5. The molecule has 7 rings (SSSR count). The fourth-order valence-corrected chi connectivity index (χ4v) is 7.56. The first-order valence-corrected chi connectivity index (χ1v) is 18.9. The number of imide groups is 1. The quantitative estimate of drug-likeness (QED) is 0.0717. The summed E-state index contributed by atoms with van der Waals surface area (Å²) in [5.74, 6) is -0.605. The molecule has 292 valence electrons. The zero-order chi connectivity index (χ0) is 38.3. The molecular formula is C38H45ClN8O8. The molecule has 0 saturated carbocycles. The topological polar surface area (TPSA) is 204 Å². The number of para-hydroxylation sites is 1. The summed E-state index contributed by atoms with van der Waals surface area (Å²) in [5.41, 5.74) is 3.29. The van der Waals surface area contributed by atoms with Crippen LogP contribution in [-0.2, 0) is 23.9 Å². The number of fused-ring (bicyclic) bond motifs is 2. The standard InChI is InChI=1S/C38H45ClN8O8/c39-27-20-42-38(45-34(27)26-19-41-28-8-2-1-6-24(26)28)43-23-5-4-13-46(21-23)14-16-54-18-17-53-15-12-40-32(49)22-55-30-9-3-7-25-33(30)37(52)47(36(25)51)29-10-11-31(48)44-35(29)50/h1-3,6-9,19-20,23,29,36-37,41,51-52H,4-5,10-18,21-22H2,(H,40,49)(H,42,43,45)(H,44,48,50)/t23-,29?,36?,37?/m1/s1. The third kappa shape index (κ3) is 9.07. The van der Waals surface area contributed by atoms with E-state index >= 15 is 0 Å². The molecule has 2 aromatic heterocycles. The fraction of sp³-hybridized carbons (Fsp3) is 0.447. The maximum Gasteiger partial charge on any atom is 0.258 e. The van der Waals surface area contributed by atoms with Gasteiger partial charge in [0.1, 0.15) is 18.2 Å². The lowest BCUT2D eigenvalue weighted by Crippen LogP contribution is -2.52. The normalized spacial score (nSPS) is 21.7. The number of likely N-dealkylation sites (tertiary alicyclic amines) is 1. The smallest absolute Gasteiger partial charge is 0.258 e. The Morgan fingerprint density at radius 3 is 2.71 bits per heavy atom. The van der Waals surface area contributed by atoms with Gasteiger partial charge in [0.25, 0.3) is 5.91 Å². The van der Waals surface area contributed by atoms with Crippen molar-refractivity contribution in [2.24, 2.45) is 0 Å². The number of ether oxygens (including phenoxy) is 3. The SMILES string of the molecule is O=C(COc1cccc2c1C(O)N(C1CCC(=O)NC1=O)C2O)NCCOCCOCCN1CCC[C@@H](Nc2ncc(Cl)c(-c3c[nH]c4ccccc34)n2)C1. The Morgan fingerprint density at radius 1 is 1.02 bits per heavy atom. The van der Waals surface area contributed by atoms with E-state index in [0.29, 0.717) is 42.0 Å². The van der Waals surface area contributed by atoms with E-state index in [-0.39, 0.29) is 55.9 Å². The second kappa shape index (κ2) is 17.8. The van der Waals surface area contributed by atoms with Crippen molar-refractivity contribution in [1.82, 2.24) is 35.4 Å². The lowest BCUT2D eigenvalue weighted by Gasteiger charge is -2.34. The number of rotatable bonds is 16. The van der Waals surface area contributed by atoms with E-state index in [1.165, 1.54) is 4.90 Å². The third-order valence-corrected chi connectivity index (χ3v) is 10.3. The lowest BCUT2D eigenvalue weighted by molar-refractivity contribution is -0.154. The summed E-state index contributed by atoms with van der Waals surface area (Å²) in [7, 11) is 0. The average Bonchev–Trinajstić information content (AvgIpc) is 3.72. The van der Waals surface area contributed by atoms with Gasteiger partial charge in [-0.2, -0.15) is 0 Å². The van der Waals surface area contributed by atoms with E-state index in [9.17, 15) is 24.6 Å². The van der Waals surface area contributed by atoms with Gasteiger partial charge in [-0.15, -0.1) is 0 Å². The molecule has 55 heavy (non-hydrogen) atoms. The second-order valence-corrected chi connectivity index (χ2v) is 14.1. The largest absolute Gasteiger partial charge is 0.483 e. The number of halogens is 1. The highest BCUT2D eigenvalue weighted by atomic mass is 35.5. The third-order valence-electron chi connectivity index (χ3n) is 10.0. The van der Waals surface area contributed by atoms with Crippen molar-refractivity contribution in [1.29, 1.82) is 0 Å². The van der Waals surface area contributed by atoms with Crippen molar-refractivity contribution in [3.05, 3.63) is 71.0 Å². The Kier molecular flexibility index (Phi) is 12.5. The number of aromatic amines is 1. The molecule has 17 heteroatoms. The van der Waals surface area contributed by atoms with Crippen LogP contribution in [0, 0.1) is 0 Å². The second-order valence-electron chi connectivity index (χ2n) is 13.7. The van der Waals surface area contributed by atoms with Crippen molar-refractivity contribution in [2.45, 2.75) is 50.2 Å². The molecular weight excluding hydrogens is 732 g/mol. The predicted molar refractivity (Wildman–Crippen MR) is 202 cm³/mol. The molecule has 4 aromatic rings. The number of carbonyl (C=O) groups excluding carboxylic acids is 3. The van der Waals surface area contributed by atoms with Crippen LogP contribution in [0.15, 0.2) is 54.9 Å².